The predicted molar refractivity (Wildman–Crippen MR) is 83.1 cm³/mol. The van der Waals surface area contributed by atoms with Gasteiger partial charge in [-0.05, 0) is 25.7 Å². The molecule has 118 valence electrons. The number of nitrogens with two attached hydrogens (primary N) is 1. The molecule has 5 nitrogen and oxygen atoms in total. The molecule has 3 rings (SSSR count). The van der Waals surface area contributed by atoms with E-state index >= 15 is 0 Å². The average Bonchev–Trinajstić information content (AvgIpc) is 2.95. The van der Waals surface area contributed by atoms with Gasteiger partial charge in [-0.1, -0.05) is 45.2 Å². The minimum absolute atomic E-state index is 0.0469. The van der Waals surface area contributed by atoms with Crippen LogP contribution in [-0.2, 0) is 16.7 Å². The molecule has 21 heavy (non-hydrogen) atoms. The van der Waals surface area contributed by atoms with Gasteiger partial charge in [-0.25, -0.2) is 4.68 Å². The molecule has 0 radical (unpaired) electrons. The Hall–Kier alpha value is -1.10. The molecule has 0 amide bonds. The van der Waals surface area contributed by atoms with Crippen molar-refractivity contribution >= 4 is 5.82 Å². The van der Waals surface area contributed by atoms with Crippen molar-refractivity contribution in [2.24, 2.45) is 0 Å². The van der Waals surface area contributed by atoms with Crippen molar-refractivity contribution in [2.75, 3.05) is 5.73 Å². The molecule has 1 aromatic rings. The largest absolute Gasteiger partial charge is 0.381 e. The van der Waals surface area contributed by atoms with Gasteiger partial charge in [0.25, 0.3) is 0 Å². The van der Waals surface area contributed by atoms with Gasteiger partial charge in [0.05, 0.1) is 23.9 Å². The number of rotatable bonds is 2. The molecule has 1 atom stereocenters. The van der Waals surface area contributed by atoms with Gasteiger partial charge in [0, 0.05) is 5.41 Å². The van der Waals surface area contributed by atoms with Crippen LogP contribution in [-0.4, -0.2) is 26.7 Å². The van der Waals surface area contributed by atoms with Crippen molar-refractivity contribution in [3.63, 3.8) is 0 Å². The van der Waals surface area contributed by atoms with Gasteiger partial charge in [-0.2, -0.15) is 0 Å². The highest BCUT2D eigenvalue weighted by Crippen LogP contribution is 2.42. The van der Waals surface area contributed by atoms with Gasteiger partial charge in [-0.3, -0.25) is 0 Å². The van der Waals surface area contributed by atoms with E-state index in [0.717, 1.165) is 18.7 Å². The van der Waals surface area contributed by atoms with E-state index in [2.05, 4.69) is 31.1 Å². The zero-order valence-electron chi connectivity index (χ0n) is 13.6. The van der Waals surface area contributed by atoms with Crippen molar-refractivity contribution in [1.29, 1.82) is 0 Å². The van der Waals surface area contributed by atoms with Crippen LogP contribution in [0.25, 0.3) is 0 Å². The molecule has 0 aromatic carbocycles. The smallest absolute Gasteiger partial charge is 0.169 e. The standard InChI is InChI=1S/C16H28N4O/c1-15(2,3)13-14(17)18-19-20(13)11-12-7-10-16(21-12)8-5-4-6-9-16/h12H,4-11,17H2,1-3H3. The Morgan fingerprint density at radius 1 is 1.24 bits per heavy atom. The summed E-state index contributed by atoms with van der Waals surface area (Å²) in [5.41, 5.74) is 7.14. The number of nitrogens with zero attached hydrogens (tertiary/aromatic N) is 3. The first kappa shape index (κ1) is 14.8. The van der Waals surface area contributed by atoms with E-state index in [1.807, 2.05) is 4.68 Å². The summed E-state index contributed by atoms with van der Waals surface area (Å²) < 4.78 is 8.40. The molecule has 2 aliphatic rings. The van der Waals surface area contributed by atoms with Gasteiger partial charge in [0.1, 0.15) is 0 Å². The predicted octanol–water partition coefficient (Wildman–Crippen LogP) is 3.04. The fourth-order valence-corrected chi connectivity index (χ4v) is 4.01. The number of nitrogen functional groups attached to an aromatic ring is 1. The lowest BCUT2D eigenvalue weighted by Gasteiger charge is -2.33. The van der Waals surface area contributed by atoms with Gasteiger partial charge in [-0.15, -0.1) is 5.10 Å². The zero-order chi connectivity index (χ0) is 15.1. The highest BCUT2D eigenvalue weighted by Gasteiger charge is 2.41. The van der Waals surface area contributed by atoms with Crippen LogP contribution in [0.5, 0.6) is 0 Å². The summed E-state index contributed by atoms with van der Waals surface area (Å²) in [5, 5.41) is 8.31. The minimum atomic E-state index is -0.0469. The second-order valence-electron chi connectivity index (χ2n) is 7.78. The van der Waals surface area contributed by atoms with E-state index in [0.29, 0.717) is 5.82 Å². The molecule has 0 bridgehead atoms. The lowest BCUT2D eigenvalue weighted by molar-refractivity contribution is -0.0693. The van der Waals surface area contributed by atoms with Crippen molar-refractivity contribution in [2.45, 2.75) is 89.4 Å². The number of hydrogen-bond acceptors (Lipinski definition) is 4. The first-order chi connectivity index (χ1) is 9.90. The molecule has 1 saturated heterocycles. The van der Waals surface area contributed by atoms with Crippen molar-refractivity contribution in [3.8, 4) is 0 Å². The van der Waals surface area contributed by atoms with Crippen LogP contribution in [0, 0.1) is 0 Å². The summed E-state index contributed by atoms with van der Waals surface area (Å²) in [6.45, 7) is 7.22. The first-order valence-electron chi connectivity index (χ1n) is 8.27. The maximum absolute atomic E-state index is 6.44. The molecular weight excluding hydrogens is 264 g/mol. The van der Waals surface area contributed by atoms with E-state index in [1.54, 1.807) is 0 Å². The van der Waals surface area contributed by atoms with Crippen LogP contribution in [0.3, 0.4) is 0 Å². The normalized spacial score (nSPS) is 25.6. The summed E-state index contributed by atoms with van der Waals surface area (Å²) in [6, 6.07) is 0. The fourth-order valence-electron chi connectivity index (χ4n) is 4.01. The maximum Gasteiger partial charge on any atom is 0.169 e. The van der Waals surface area contributed by atoms with Crippen molar-refractivity contribution < 1.29 is 4.74 Å². The zero-order valence-corrected chi connectivity index (χ0v) is 13.6. The van der Waals surface area contributed by atoms with Crippen LogP contribution >= 0.6 is 0 Å². The number of aromatic nitrogens is 3. The van der Waals surface area contributed by atoms with Crippen LogP contribution in [0.15, 0.2) is 0 Å². The van der Waals surface area contributed by atoms with Gasteiger partial charge >= 0.3 is 0 Å². The number of anilines is 1. The quantitative estimate of drug-likeness (QED) is 0.910. The van der Waals surface area contributed by atoms with Crippen molar-refractivity contribution in [3.05, 3.63) is 5.69 Å². The average molecular weight is 292 g/mol. The third-order valence-corrected chi connectivity index (χ3v) is 4.95. The second-order valence-corrected chi connectivity index (χ2v) is 7.78. The Morgan fingerprint density at radius 2 is 1.95 bits per heavy atom. The molecule has 1 unspecified atom stereocenters. The van der Waals surface area contributed by atoms with E-state index in [4.69, 9.17) is 10.5 Å². The second kappa shape index (κ2) is 5.27. The summed E-state index contributed by atoms with van der Waals surface area (Å²) in [6.07, 6.45) is 9.04. The summed E-state index contributed by atoms with van der Waals surface area (Å²) in [5.74, 6) is 0.549. The Bertz CT molecular complexity index is 497. The molecule has 2 N–H and O–H groups in total. The van der Waals surface area contributed by atoms with Crippen LogP contribution in [0.4, 0.5) is 5.82 Å². The molecule has 1 spiro atoms. The van der Waals surface area contributed by atoms with Crippen LogP contribution < -0.4 is 5.73 Å². The summed E-state index contributed by atoms with van der Waals surface area (Å²) >= 11 is 0. The van der Waals surface area contributed by atoms with Crippen LogP contribution in [0.1, 0.15) is 71.4 Å². The molecular formula is C16H28N4O. The number of hydrogen-bond donors (Lipinski definition) is 1. The lowest BCUT2D eigenvalue weighted by atomic mass is 9.83. The first-order valence-corrected chi connectivity index (χ1v) is 8.27. The third-order valence-electron chi connectivity index (χ3n) is 4.95. The lowest BCUT2D eigenvalue weighted by Crippen LogP contribution is -2.33. The SMILES string of the molecule is CC(C)(C)c1c(N)nnn1CC1CCC2(CCCCC2)O1. The molecule has 2 heterocycles. The van der Waals surface area contributed by atoms with Gasteiger partial charge < -0.3 is 10.5 Å². The van der Waals surface area contributed by atoms with Crippen LogP contribution in [0.2, 0.25) is 0 Å². The Kier molecular flexibility index (Phi) is 3.72. The van der Waals surface area contributed by atoms with Gasteiger partial charge in [0.15, 0.2) is 5.82 Å². The minimum Gasteiger partial charge on any atom is -0.381 e. The highest BCUT2D eigenvalue weighted by atomic mass is 16.5. The Labute approximate surface area is 127 Å². The Morgan fingerprint density at radius 3 is 2.62 bits per heavy atom. The van der Waals surface area contributed by atoms with E-state index < -0.39 is 0 Å². The molecule has 2 fully saturated rings. The maximum atomic E-state index is 6.44. The van der Waals surface area contributed by atoms with E-state index in [9.17, 15) is 0 Å². The monoisotopic (exact) mass is 292 g/mol. The molecule has 1 aliphatic heterocycles. The fraction of sp³-hybridized carbons (Fsp3) is 0.875. The van der Waals surface area contributed by atoms with Gasteiger partial charge in [0.2, 0.25) is 0 Å². The third kappa shape index (κ3) is 2.93. The topological polar surface area (TPSA) is 66.0 Å². The highest BCUT2D eigenvalue weighted by molar-refractivity contribution is 5.37. The van der Waals surface area contributed by atoms with E-state index in [1.165, 1.54) is 38.5 Å². The molecule has 1 aliphatic carbocycles. The Balaban J connectivity index is 1.71. The number of ether oxygens (including phenoxy) is 1. The van der Waals surface area contributed by atoms with E-state index in [-0.39, 0.29) is 17.1 Å². The molecule has 5 heteroatoms. The summed E-state index contributed by atoms with van der Waals surface area (Å²) in [4.78, 5) is 0. The molecule has 1 saturated carbocycles. The van der Waals surface area contributed by atoms with Crippen molar-refractivity contribution in [1.82, 2.24) is 15.0 Å². The summed E-state index contributed by atoms with van der Waals surface area (Å²) in [7, 11) is 0. The molecule has 1 aromatic heterocycles.